The molecule has 0 fully saturated rings. The van der Waals surface area contributed by atoms with Gasteiger partial charge in [-0.1, -0.05) is 29.3 Å². The molecule has 0 spiro atoms. The SMILES string of the molecule is Cc1cc(C)cc(CS(=O)(=O)/C=C/C(=O)O)c1. The average Bonchev–Trinajstić information content (AvgIpc) is 2.12. The smallest absolute Gasteiger partial charge is 0.329 e. The number of carboxylic acid groups (broad SMARTS) is 1. The van der Waals surface area contributed by atoms with Gasteiger partial charge in [0.2, 0.25) is 0 Å². The van der Waals surface area contributed by atoms with Crippen LogP contribution in [-0.2, 0) is 20.4 Å². The number of carboxylic acids is 1. The lowest BCUT2D eigenvalue weighted by Crippen LogP contribution is -2.02. The van der Waals surface area contributed by atoms with Crippen LogP contribution >= 0.6 is 0 Å². The van der Waals surface area contributed by atoms with E-state index in [1.165, 1.54) is 0 Å². The number of hydrogen-bond acceptors (Lipinski definition) is 3. The van der Waals surface area contributed by atoms with Gasteiger partial charge >= 0.3 is 5.97 Å². The van der Waals surface area contributed by atoms with Gasteiger partial charge in [-0.3, -0.25) is 0 Å². The number of hydrogen-bond donors (Lipinski definition) is 1. The Morgan fingerprint density at radius 3 is 2.24 bits per heavy atom. The van der Waals surface area contributed by atoms with E-state index in [1.54, 1.807) is 12.1 Å². The summed E-state index contributed by atoms with van der Waals surface area (Å²) in [4.78, 5) is 10.3. The molecule has 0 unspecified atom stereocenters. The van der Waals surface area contributed by atoms with Gasteiger partial charge in [0.1, 0.15) is 0 Å². The molecule has 5 heteroatoms. The topological polar surface area (TPSA) is 71.4 Å². The molecular weight excluding hydrogens is 240 g/mol. The number of benzene rings is 1. The van der Waals surface area contributed by atoms with Crippen molar-refractivity contribution in [2.45, 2.75) is 19.6 Å². The molecule has 1 aromatic rings. The van der Waals surface area contributed by atoms with Gasteiger partial charge in [0.25, 0.3) is 0 Å². The van der Waals surface area contributed by atoms with Gasteiger partial charge in [-0.05, 0) is 19.4 Å². The maximum atomic E-state index is 11.6. The Bertz CT molecular complexity index is 536. The van der Waals surface area contributed by atoms with Gasteiger partial charge in [-0.25, -0.2) is 13.2 Å². The molecule has 1 aromatic carbocycles. The van der Waals surface area contributed by atoms with Gasteiger partial charge in [0.15, 0.2) is 9.84 Å². The molecule has 0 radical (unpaired) electrons. The average molecular weight is 254 g/mol. The molecule has 0 atom stereocenters. The Morgan fingerprint density at radius 2 is 1.76 bits per heavy atom. The maximum absolute atomic E-state index is 11.6. The second kappa shape index (κ2) is 5.14. The van der Waals surface area contributed by atoms with Gasteiger partial charge in [0.05, 0.1) is 5.75 Å². The zero-order valence-corrected chi connectivity index (χ0v) is 10.5. The summed E-state index contributed by atoms with van der Waals surface area (Å²) in [7, 11) is -3.52. The standard InChI is InChI=1S/C12H14O4S/c1-9-5-10(2)7-11(6-9)8-17(15,16)4-3-12(13)14/h3-7H,8H2,1-2H3,(H,13,14)/b4-3+. The number of rotatable bonds is 4. The van der Waals surface area contributed by atoms with Gasteiger partial charge in [-0.2, -0.15) is 0 Å². The van der Waals surface area contributed by atoms with E-state index in [4.69, 9.17) is 5.11 Å². The molecule has 1 N–H and O–H groups in total. The second-order valence-electron chi connectivity index (χ2n) is 3.94. The normalized spacial score (nSPS) is 11.9. The van der Waals surface area contributed by atoms with E-state index < -0.39 is 15.8 Å². The first-order valence-corrected chi connectivity index (χ1v) is 6.71. The highest BCUT2D eigenvalue weighted by atomic mass is 32.2. The third-order valence-corrected chi connectivity index (χ3v) is 3.35. The first-order valence-electron chi connectivity index (χ1n) is 4.99. The van der Waals surface area contributed by atoms with Crippen molar-refractivity contribution in [1.82, 2.24) is 0 Å². The zero-order chi connectivity index (χ0) is 13.1. The summed E-state index contributed by atoms with van der Waals surface area (Å²) >= 11 is 0. The molecule has 0 saturated heterocycles. The maximum Gasteiger partial charge on any atom is 0.329 e. The molecule has 0 aliphatic rings. The number of sulfone groups is 1. The molecule has 17 heavy (non-hydrogen) atoms. The van der Waals surface area contributed by atoms with Crippen LogP contribution in [0.25, 0.3) is 0 Å². The van der Waals surface area contributed by atoms with Crippen LogP contribution in [0, 0.1) is 13.8 Å². The summed E-state index contributed by atoms with van der Waals surface area (Å²) in [5, 5.41) is 9.11. The van der Waals surface area contributed by atoms with Crippen LogP contribution in [0.3, 0.4) is 0 Å². The number of carbonyl (C=O) groups is 1. The van der Waals surface area contributed by atoms with Gasteiger partial charge < -0.3 is 5.11 Å². The summed E-state index contributed by atoms with van der Waals surface area (Å²) in [6.07, 6.45) is 0.637. The van der Waals surface area contributed by atoms with E-state index in [2.05, 4.69) is 0 Å². The predicted octanol–water partition coefficient (Wildman–Crippen LogP) is 1.82. The van der Waals surface area contributed by atoms with Crippen LogP contribution in [0.5, 0.6) is 0 Å². The molecule has 1 rings (SSSR count). The largest absolute Gasteiger partial charge is 0.478 e. The predicted molar refractivity (Wildman–Crippen MR) is 65.3 cm³/mol. The Labute approximate surface area is 101 Å². The number of aryl methyl sites for hydroxylation is 2. The van der Waals surface area contributed by atoms with Crippen LogP contribution in [0.1, 0.15) is 16.7 Å². The first kappa shape index (κ1) is 13.4. The second-order valence-corrected chi connectivity index (χ2v) is 5.83. The summed E-state index contributed by atoms with van der Waals surface area (Å²) in [5.41, 5.74) is 2.63. The van der Waals surface area contributed by atoms with Crippen molar-refractivity contribution in [3.05, 3.63) is 46.4 Å². The fourth-order valence-corrected chi connectivity index (χ4v) is 2.65. The van der Waals surface area contributed by atoms with Gasteiger partial charge in [0, 0.05) is 11.5 Å². The minimum Gasteiger partial charge on any atom is -0.478 e. The number of aliphatic carboxylic acids is 1. The highest BCUT2D eigenvalue weighted by Gasteiger charge is 2.09. The van der Waals surface area contributed by atoms with E-state index in [9.17, 15) is 13.2 Å². The highest BCUT2D eigenvalue weighted by molar-refractivity contribution is 7.93. The first-order chi connectivity index (χ1) is 7.78. The van der Waals surface area contributed by atoms with E-state index in [0.717, 1.165) is 16.5 Å². The molecule has 0 aliphatic heterocycles. The molecule has 0 aliphatic carbocycles. The fraction of sp³-hybridized carbons (Fsp3) is 0.250. The minimum atomic E-state index is -3.52. The molecule has 0 saturated carbocycles. The molecule has 0 amide bonds. The van der Waals surface area contributed by atoms with Crippen molar-refractivity contribution >= 4 is 15.8 Å². The van der Waals surface area contributed by atoms with E-state index in [-0.39, 0.29) is 5.75 Å². The van der Waals surface area contributed by atoms with Crippen LogP contribution in [0.4, 0.5) is 0 Å². The fourth-order valence-electron chi connectivity index (χ4n) is 1.59. The summed E-state index contributed by atoms with van der Waals surface area (Å²) in [6, 6.07) is 5.50. The van der Waals surface area contributed by atoms with Crippen molar-refractivity contribution in [1.29, 1.82) is 0 Å². The van der Waals surface area contributed by atoms with Crippen LogP contribution < -0.4 is 0 Å². The van der Waals surface area contributed by atoms with Crippen LogP contribution in [0.15, 0.2) is 29.7 Å². The van der Waals surface area contributed by atoms with Crippen molar-refractivity contribution in [3.63, 3.8) is 0 Å². The van der Waals surface area contributed by atoms with E-state index in [0.29, 0.717) is 11.6 Å². The van der Waals surface area contributed by atoms with Crippen molar-refractivity contribution < 1.29 is 18.3 Å². The molecular formula is C12H14O4S. The van der Waals surface area contributed by atoms with Crippen molar-refractivity contribution in [3.8, 4) is 0 Å². The highest BCUT2D eigenvalue weighted by Crippen LogP contribution is 2.13. The summed E-state index contributed by atoms with van der Waals surface area (Å²) < 4.78 is 23.2. The zero-order valence-electron chi connectivity index (χ0n) is 9.67. The molecule has 92 valence electrons. The Morgan fingerprint density at radius 1 is 1.24 bits per heavy atom. The molecule has 4 nitrogen and oxygen atoms in total. The Balaban J connectivity index is 2.94. The third kappa shape index (κ3) is 4.82. The monoisotopic (exact) mass is 254 g/mol. The molecule has 0 heterocycles. The van der Waals surface area contributed by atoms with E-state index in [1.807, 2.05) is 19.9 Å². The lowest BCUT2D eigenvalue weighted by Gasteiger charge is -2.03. The molecule has 0 aromatic heterocycles. The van der Waals surface area contributed by atoms with E-state index >= 15 is 0 Å². The van der Waals surface area contributed by atoms with Crippen molar-refractivity contribution in [2.24, 2.45) is 0 Å². The lowest BCUT2D eigenvalue weighted by atomic mass is 10.1. The van der Waals surface area contributed by atoms with Crippen molar-refractivity contribution in [2.75, 3.05) is 0 Å². The minimum absolute atomic E-state index is 0.181. The quantitative estimate of drug-likeness (QED) is 0.832. The lowest BCUT2D eigenvalue weighted by molar-refractivity contribution is -0.131. The summed E-state index contributed by atoms with van der Waals surface area (Å²) in [6.45, 7) is 3.77. The van der Waals surface area contributed by atoms with Gasteiger partial charge in [-0.15, -0.1) is 0 Å². The molecule has 0 bridgehead atoms. The van der Waals surface area contributed by atoms with Crippen LogP contribution in [-0.4, -0.2) is 19.5 Å². The summed E-state index contributed by atoms with van der Waals surface area (Å²) in [5.74, 6) is -1.45. The Kier molecular flexibility index (Phi) is 4.07. The third-order valence-electron chi connectivity index (χ3n) is 2.07. The Hall–Kier alpha value is -1.62. The van der Waals surface area contributed by atoms with Crippen LogP contribution in [0.2, 0.25) is 0 Å².